The molecular formula is C17H24N2O2. The molecule has 1 aromatic rings. The molecule has 0 bridgehead atoms. The molecule has 0 saturated carbocycles. The van der Waals surface area contributed by atoms with Gasteiger partial charge in [0.15, 0.2) is 0 Å². The summed E-state index contributed by atoms with van der Waals surface area (Å²) >= 11 is 0. The number of aryl methyl sites for hydroxylation is 1. The van der Waals surface area contributed by atoms with Crippen molar-refractivity contribution in [2.24, 2.45) is 5.92 Å². The predicted molar refractivity (Wildman–Crippen MR) is 84.2 cm³/mol. The normalized spacial score (nSPS) is 19.0. The Morgan fingerprint density at radius 2 is 2.00 bits per heavy atom. The Morgan fingerprint density at radius 1 is 1.33 bits per heavy atom. The lowest BCUT2D eigenvalue weighted by Crippen LogP contribution is -2.44. The predicted octanol–water partition coefficient (Wildman–Crippen LogP) is 2.52. The third-order valence-electron chi connectivity index (χ3n) is 3.66. The summed E-state index contributed by atoms with van der Waals surface area (Å²) in [6, 6.07) is 7.91. The fourth-order valence-electron chi connectivity index (χ4n) is 2.66. The SMILES string of the molecule is CCc1ccccc1N1CC(C(=O)NC(C)(C)C)CC1=O. The maximum absolute atomic E-state index is 12.3. The number of amides is 2. The Bertz CT molecular complexity index is 546. The van der Waals surface area contributed by atoms with Crippen molar-refractivity contribution < 1.29 is 9.59 Å². The maximum atomic E-state index is 12.3. The highest BCUT2D eigenvalue weighted by atomic mass is 16.2. The standard InChI is InChI=1S/C17H24N2O2/c1-5-12-8-6-7-9-14(12)19-11-13(10-15(19)20)16(21)18-17(2,3)4/h6-9,13H,5,10-11H2,1-4H3,(H,18,21). The molecule has 1 N–H and O–H groups in total. The summed E-state index contributed by atoms with van der Waals surface area (Å²) in [5, 5.41) is 2.96. The Labute approximate surface area is 126 Å². The topological polar surface area (TPSA) is 49.4 Å². The number of anilines is 1. The molecule has 2 amide bonds. The molecule has 114 valence electrons. The van der Waals surface area contributed by atoms with E-state index in [1.54, 1.807) is 4.90 Å². The molecule has 21 heavy (non-hydrogen) atoms. The Hall–Kier alpha value is -1.84. The molecule has 0 spiro atoms. The molecule has 1 aliphatic heterocycles. The van der Waals surface area contributed by atoms with Gasteiger partial charge in [0.1, 0.15) is 0 Å². The minimum atomic E-state index is -0.269. The van der Waals surface area contributed by atoms with Crippen LogP contribution >= 0.6 is 0 Å². The molecule has 0 aromatic heterocycles. The zero-order valence-corrected chi connectivity index (χ0v) is 13.3. The average Bonchev–Trinajstić information content (AvgIpc) is 2.79. The van der Waals surface area contributed by atoms with E-state index in [2.05, 4.69) is 12.2 Å². The fourth-order valence-corrected chi connectivity index (χ4v) is 2.66. The maximum Gasteiger partial charge on any atom is 0.227 e. The summed E-state index contributed by atoms with van der Waals surface area (Å²) in [4.78, 5) is 26.3. The Morgan fingerprint density at radius 3 is 2.62 bits per heavy atom. The van der Waals surface area contributed by atoms with Gasteiger partial charge in [-0.05, 0) is 38.8 Å². The van der Waals surface area contributed by atoms with E-state index >= 15 is 0 Å². The number of carbonyl (C=O) groups excluding carboxylic acids is 2. The van der Waals surface area contributed by atoms with E-state index in [1.807, 2.05) is 45.0 Å². The molecule has 1 aromatic carbocycles. The molecule has 1 heterocycles. The lowest BCUT2D eigenvalue weighted by Gasteiger charge is -2.23. The van der Waals surface area contributed by atoms with Crippen LogP contribution in [0, 0.1) is 5.92 Å². The number of hydrogen-bond acceptors (Lipinski definition) is 2. The quantitative estimate of drug-likeness (QED) is 0.929. The third-order valence-corrected chi connectivity index (χ3v) is 3.66. The minimum absolute atomic E-state index is 0.0324. The summed E-state index contributed by atoms with van der Waals surface area (Å²) < 4.78 is 0. The number of nitrogens with zero attached hydrogens (tertiary/aromatic N) is 1. The summed E-state index contributed by atoms with van der Waals surface area (Å²) in [6.07, 6.45) is 1.17. The van der Waals surface area contributed by atoms with Crippen molar-refractivity contribution in [2.75, 3.05) is 11.4 Å². The lowest BCUT2D eigenvalue weighted by molar-refractivity contribution is -0.127. The van der Waals surface area contributed by atoms with E-state index in [0.29, 0.717) is 13.0 Å². The van der Waals surface area contributed by atoms with Gasteiger partial charge in [0.05, 0.1) is 5.92 Å². The van der Waals surface area contributed by atoms with Gasteiger partial charge in [-0.25, -0.2) is 0 Å². The second kappa shape index (κ2) is 5.88. The molecule has 0 aliphatic carbocycles. The first-order chi connectivity index (χ1) is 9.81. The van der Waals surface area contributed by atoms with Crippen molar-refractivity contribution in [3.8, 4) is 0 Å². The number of hydrogen-bond donors (Lipinski definition) is 1. The molecule has 4 heteroatoms. The molecule has 1 fully saturated rings. The molecule has 4 nitrogen and oxygen atoms in total. The number of nitrogens with one attached hydrogen (secondary N) is 1. The third kappa shape index (κ3) is 3.63. The van der Waals surface area contributed by atoms with Crippen molar-refractivity contribution in [3.05, 3.63) is 29.8 Å². The second-order valence-electron chi connectivity index (χ2n) is 6.63. The summed E-state index contributed by atoms with van der Waals surface area (Å²) in [7, 11) is 0. The van der Waals surface area contributed by atoms with Gasteiger partial charge < -0.3 is 10.2 Å². The van der Waals surface area contributed by atoms with E-state index in [1.165, 1.54) is 0 Å². The number of benzene rings is 1. The van der Waals surface area contributed by atoms with Gasteiger partial charge in [-0.15, -0.1) is 0 Å². The number of rotatable bonds is 3. The van der Waals surface area contributed by atoms with E-state index in [-0.39, 0.29) is 23.3 Å². The van der Waals surface area contributed by atoms with Gasteiger partial charge in [0, 0.05) is 24.2 Å². The molecule has 1 atom stereocenters. The van der Waals surface area contributed by atoms with Crippen LogP contribution in [0.3, 0.4) is 0 Å². The lowest BCUT2D eigenvalue weighted by atomic mass is 10.0. The Balaban J connectivity index is 2.15. The average molecular weight is 288 g/mol. The molecule has 2 rings (SSSR count). The first kappa shape index (κ1) is 15.5. The van der Waals surface area contributed by atoms with Crippen LogP contribution in [-0.2, 0) is 16.0 Å². The monoisotopic (exact) mass is 288 g/mol. The van der Waals surface area contributed by atoms with Crippen molar-refractivity contribution in [1.29, 1.82) is 0 Å². The Kier molecular flexibility index (Phi) is 4.35. The highest BCUT2D eigenvalue weighted by Crippen LogP contribution is 2.28. The van der Waals surface area contributed by atoms with Crippen LogP contribution in [0.15, 0.2) is 24.3 Å². The van der Waals surface area contributed by atoms with Crippen LogP contribution in [0.4, 0.5) is 5.69 Å². The molecule has 0 radical (unpaired) electrons. The zero-order chi connectivity index (χ0) is 15.6. The van der Waals surface area contributed by atoms with Crippen LogP contribution < -0.4 is 10.2 Å². The van der Waals surface area contributed by atoms with Gasteiger partial charge in [-0.3, -0.25) is 9.59 Å². The summed E-state index contributed by atoms with van der Waals surface area (Å²) in [6.45, 7) is 8.39. The van der Waals surface area contributed by atoms with Gasteiger partial charge in [-0.2, -0.15) is 0 Å². The van der Waals surface area contributed by atoms with Gasteiger partial charge in [0.2, 0.25) is 11.8 Å². The molecule has 1 aliphatic rings. The van der Waals surface area contributed by atoms with Crippen molar-refractivity contribution in [3.63, 3.8) is 0 Å². The second-order valence-corrected chi connectivity index (χ2v) is 6.63. The van der Waals surface area contributed by atoms with Crippen molar-refractivity contribution in [1.82, 2.24) is 5.32 Å². The van der Waals surface area contributed by atoms with E-state index in [0.717, 1.165) is 17.7 Å². The van der Waals surface area contributed by atoms with Crippen molar-refractivity contribution in [2.45, 2.75) is 46.1 Å². The largest absolute Gasteiger partial charge is 0.351 e. The first-order valence-electron chi connectivity index (χ1n) is 7.52. The van der Waals surface area contributed by atoms with Crippen molar-refractivity contribution >= 4 is 17.5 Å². The van der Waals surface area contributed by atoms with Gasteiger partial charge in [0.25, 0.3) is 0 Å². The molecule has 1 saturated heterocycles. The fraction of sp³-hybridized carbons (Fsp3) is 0.529. The van der Waals surface area contributed by atoms with E-state index in [4.69, 9.17) is 0 Å². The molecule has 1 unspecified atom stereocenters. The summed E-state index contributed by atoms with van der Waals surface area (Å²) in [5.41, 5.74) is 1.81. The number of carbonyl (C=O) groups is 2. The van der Waals surface area contributed by atoms with E-state index in [9.17, 15) is 9.59 Å². The van der Waals surface area contributed by atoms with Crippen LogP contribution in [-0.4, -0.2) is 23.9 Å². The number of para-hydroxylation sites is 1. The van der Waals surface area contributed by atoms with Crippen LogP contribution in [0.5, 0.6) is 0 Å². The summed E-state index contributed by atoms with van der Waals surface area (Å²) in [5.74, 6) is -0.265. The highest BCUT2D eigenvalue weighted by Gasteiger charge is 2.36. The highest BCUT2D eigenvalue weighted by molar-refractivity contribution is 6.00. The zero-order valence-electron chi connectivity index (χ0n) is 13.3. The van der Waals surface area contributed by atoms with Crippen LogP contribution in [0.1, 0.15) is 39.7 Å². The first-order valence-corrected chi connectivity index (χ1v) is 7.52. The smallest absolute Gasteiger partial charge is 0.227 e. The minimum Gasteiger partial charge on any atom is -0.351 e. The van der Waals surface area contributed by atoms with Crippen LogP contribution in [0.2, 0.25) is 0 Å². The molecular weight excluding hydrogens is 264 g/mol. The van der Waals surface area contributed by atoms with Gasteiger partial charge in [-0.1, -0.05) is 25.1 Å². The van der Waals surface area contributed by atoms with E-state index < -0.39 is 0 Å². The van der Waals surface area contributed by atoms with Gasteiger partial charge >= 0.3 is 0 Å². The van der Waals surface area contributed by atoms with Crippen LogP contribution in [0.25, 0.3) is 0 Å².